The third kappa shape index (κ3) is 1.83. The van der Waals surface area contributed by atoms with Crippen molar-refractivity contribution in [2.45, 2.75) is 18.4 Å². The Morgan fingerprint density at radius 2 is 2.17 bits per heavy atom. The molecule has 3 rings (SSSR count). The van der Waals surface area contributed by atoms with E-state index in [4.69, 9.17) is 11.6 Å². The quantitative estimate of drug-likeness (QED) is 0.788. The first kappa shape index (κ1) is 11.7. The molecular weight excluding hydrogens is 252 g/mol. The van der Waals surface area contributed by atoms with E-state index in [1.807, 2.05) is 6.07 Å². The highest BCUT2D eigenvalue weighted by Gasteiger charge is 2.44. The second-order valence-electron chi connectivity index (χ2n) is 4.76. The van der Waals surface area contributed by atoms with Crippen LogP contribution in [0.25, 0.3) is 0 Å². The summed E-state index contributed by atoms with van der Waals surface area (Å²) < 4.78 is 0. The molecule has 0 bridgehead atoms. The Balaban J connectivity index is 1.74. The van der Waals surface area contributed by atoms with Crippen LogP contribution in [-0.2, 0) is 4.79 Å². The molecule has 1 aromatic rings. The molecule has 1 aromatic heterocycles. The topological polar surface area (TPSA) is 57.3 Å². The number of carbonyl (C=O) groups excluding carboxylic acids is 1. The zero-order valence-corrected chi connectivity index (χ0v) is 10.7. The monoisotopic (exact) mass is 266 g/mol. The van der Waals surface area contributed by atoms with Gasteiger partial charge in [0.05, 0.1) is 17.4 Å². The lowest BCUT2D eigenvalue weighted by Gasteiger charge is -2.38. The summed E-state index contributed by atoms with van der Waals surface area (Å²) in [7, 11) is 0. The lowest BCUT2D eigenvalue weighted by Crippen LogP contribution is -2.54. The number of anilines is 1. The summed E-state index contributed by atoms with van der Waals surface area (Å²) in [5.74, 6) is 0.128. The van der Waals surface area contributed by atoms with Crippen LogP contribution < -0.4 is 15.5 Å². The average molecular weight is 267 g/mol. The zero-order valence-electron chi connectivity index (χ0n) is 9.95. The minimum absolute atomic E-state index is 0.128. The predicted octanol–water partition coefficient (Wildman–Crippen LogP) is 0.751. The third-order valence-corrected chi connectivity index (χ3v) is 4.11. The van der Waals surface area contributed by atoms with Gasteiger partial charge in [0.1, 0.15) is 5.54 Å². The lowest BCUT2D eigenvalue weighted by atomic mass is 9.87. The summed E-state index contributed by atoms with van der Waals surface area (Å²) >= 11 is 6.14. The molecule has 0 unspecified atom stereocenters. The normalized spacial score (nSPS) is 22.3. The highest BCUT2D eigenvalue weighted by atomic mass is 35.5. The highest BCUT2D eigenvalue weighted by Crippen LogP contribution is 2.31. The van der Waals surface area contributed by atoms with E-state index in [1.54, 1.807) is 12.4 Å². The Labute approximate surface area is 111 Å². The summed E-state index contributed by atoms with van der Waals surface area (Å²) in [5, 5.41) is 6.78. The largest absolute Gasteiger partial charge is 0.370 e. The number of pyridine rings is 1. The number of carbonyl (C=O) groups is 1. The van der Waals surface area contributed by atoms with Crippen molar-refractivity contribution in [3.8, 4) is 0 Å². The van der Waals surface area contributed by atoms with Crippen LogP contribution in [0.5, 0.6) is 0 Å². The van der Waals surface area contributed by atoms with Gasteiger partial charge in [0.2, 0.25) is 5.91 Å². The number of rotatable bonds is 1. The van der Waals surface area contributed by atoms with Crippen molar-refractivity contribution >= 4 is 23.2 Å². The standard InChI is InChI=1S/C12H15ClN4O/c13-9-7-14-4-1-10(9)17-5-2-12(3-6-17)11(18)15-8-16-12/h1,4,7,16H,2-3,5-6,8H2,(H,15,18). The van der Waals surface area contributed by atoms with Crippen LogP contribution in [-0.4, -0.2) is 36.2 Å². The van der Waals surface area contributed by atoms with E-state index in [9.17, 15) is 4.79 Å². The average Bonchev–Trinajstić information content (AvgIpc) is 2.73. The van der Waals surface area contributed by atoms with E-state index >= 15 is 0 Å². The molecule has 0 aromatic carbocycles. The van der Waals surface area contributed by atoms with Crippen molar-refractivity contribution in [2.24, 2.45) is 0 Å². The predicted molar refractivity (Wildman–Crippen MR) is 69.6 cm³/mol. The van der Waals surface area contributed by atoms with Crippen molar-refractivity contribution < 1.29 is 4.79 Å². The molecule has 0 aliphatic carbocycles. The number of nitrogens with zero attached hydrogens (tertiary/aromatic N) is 2. The maximum absolute atomic E-state index is 11.8. The molecule has 6 heteroatoms. The van der Waals surface area contributed by atoms with Gasteiger partial charge in [-0.1, -0.05) is 11.6 Å². The summed E-state index contributed by atoms with van der Waals surface area (Å²) in [6.45, 7) is 2.23. The van der Waals surface area contributed by atoms with E-state index in [2.05, 4.69) is 20.5 Å². The third-order valence-electron chi connectivity index (χ3n) is 3.82. The Morgan fingerprint density at radius 3 is 2.78 bits per heavy atom. The summed E-state index contributed by atoms with van der Waals surface area (Å²) in [6, 6.07) is 1.92. The number of halogens is 1. The van der Waals surface area contributed by atoms with Gasteiger partial charge in [-0.3, -0.25) is 15.1 Å². The fraction of sp³-hybridized carbons (Fsp3) is 0.500. The Hall–Kier alpha value is -1.33. The molecule has 2 saturated heterocycles. The molecule has 2 fully saturated rings. The summed E-state index contributed by atoms with van der Waals surface area (Å²) in [6.07, 6.45) is 5.00. The van der Waals surface area contributed by atoms with Gasteiger partial charge in [-0.15, -0.1) is 0 Å². The van der Waals surface area contributed by atoms with Crippen LogP contribution in [0.4, 0.5) is 5.69 Å². The van der Waals surface area contributed by atoms with Gasteiger partial charge < -0.3 is 10.2 Å². The summed E-state index contributed by atoms with van der Waals surface area (Å²) in [4.78, 5) is 18.0. The first-order chi connectivity index (χ1) is 8.71. The van der Waals surface area contributed by atoms with Crippen molar-refractivity contribution in [1.82, 2.24) is 15.6 Å². The molecule has 18 heavy (non-hydrogen) atoms. The Morgan fingerprint density at radius 1 is 1.39 bits per heavy atom. The fourth-order valence-corrected chi connectivity index (χ4v) is 2.94. The van der Waals surface area contributed by atoms with E-state index in [0.29, 0.717) is 11.7 Å². The second-order valence-corrected chi connectivity index (χ2v) is 5.16. The maximum Gasteiger partial charge on any atom is 0.241 e. The van der Waals surface area contributed by atoms with Gasteiger partial charge >= 0.3 is 0 Å². The summed E-state index contributed by atoms with van der Waals surface area (Å²) in [5.41, 5.74) is 0.635. The maximum atomic E-state index is 11.8. The first-order valence-electron chi connectivity index (χ1n) is 6.09. The molecule has 96 valence electrons. The van der Waals surface area contributed by atoms with Gasteiger partial charge in [0, 0.05) is 25.5 Å². The van der Waals surface area contributed by atoms with E-state index in [-0.39, 0.29) is 11.4 Å². The molecule has 5 nitrogen and oxygen atoms in total. The molecule has 0 saturated carbocycles. The van der Waals surface area contributed by atoms with Crippen LogP contribution in [0, 0.1) is 0 Å². The molecule has 2 aliphatic heterocycles. The Kier molecular flexibility index (Phi) is 2.87. The van der Waals surface area contributed by atoms with E-state index < -0.39 is 0 Å². The highest BCUT2D eigenvalue weighted by molar-refractivity contribution is 6.33. The van der Waals surface area contributed by atoms with E-state index in [1.165, 1.54) is 0 Å². The molecule has 2 N–H and O–H groups in total. The minimum Gasteiger partial charge on any atom is -0.370 e. The smallest absolute Gasteiger partial charge is 0.241 e. The number of amides is 1. The second kappa shape index (κ2) is 4.40. The molecule has 3 heterocycles. The van der Waals surface area contributed by atoms with Crippen molar-refractivity contribution in [1.29, 1.82) is 0 Å². The van der Waals surface area contributed by atoms with Crippen LogP contribution in [0.2, 0.25) is 5.02 Å². The molecule has 1 spiro atoms. The fourth-order valence-electron chi connectivity index (χ4n) is 2.70. The van der Waals surface area contributed by atoms with Crippen LogP contribution in [0.15, 0.2) is 18.5 Å². The van der Waals surface area contributed by atoms with Gasteiger partial charge in [-0.05, 0) is 18.9 Å². The molecule has 2 aliphatic rings. The molecule has 1 amide bonds. The van der Waals surface area contributed by atoms with Crippen LogP contribution in [0.1, 0.15) is 12.8 Å². The van der Waals surface area contributed by atoms with Gasteiger partial charge in [-0.2, -0.15) is 0 Å². The van der Waals surface area contributed by atoms with Crippen molar-refractivity contribution in [3.05, 3.63) is 23.5 Å². The minimum atomic E-state index is -0.365. The van der Waals surface area contributed by atoms with Crippen LogP contribution in [0.3, 0.4) is 0 Å². The molecular formula is C12H15ClN4O. The SMILES string of the molecule is O=C1NCNC12CCN(c1ccncc1Cl)CC2. The van der Waals surface area contributed by atoms with Gasteiger partial charge in [0.25, 0.3) is 0 Å². The van der Waals surface area contributed by atoms with Gasteiger partial charge in [-0.25, -0.2) is 0 Å². The number of hydrogen-bond acceptors (Lipinski definition) is 4. The zero-order chi connectivity index (χ0) is 12.6. The number of nitrogens with one attached hydrogen (secondary N) is 2. The van der Waals surface area contributed by atoms with Gasteiger partial charge in [0.15, 0.2) is 0 Å². The van der Waals surface area contributed by atoms with Crippen molar-refractivity contribution in [3.63, 3.8) is 0 Å². The first-order valence-corrected chi connectivity index (χ1v) is 6.47. The van der Waals surface area contributed by atoms with E-state index in [0.717, 1.165) is 31.6 Å². The Bertz CT molecular complexity index is 471. The van der Waals surface area contributed by atoms with Crippen molar-refractivity contribution in [2.75, 3.05) is 24.7 Å². The number of piperidine rings is 1. The molecule has 0 radical (unpaired) electrons. The number of aromatic nitrogens is 1. The molecule has 0 atom stereocenters. The van der Waals surface area contributed by atoms with Crippen LogP contribution >= 0.6 is 11.6 Å². The number of hydrogen-bond donors (Lipinski definition) is 2. The lowest BCUT2D eigenvalue weighted by molar-refractivity contribution is -0.124.